The molecule has 2 aromatic carbocycles. The number of benzene rings is 2. The molecular formula is C35H47N3O5S. The molecule has 8 nitrogen and oxygen atoms in total. The lowest BCUT2D eigenvalue weighted by Gasteiger charge is -2.57. The van der Waals surface area contributed by atoms with E-state index in [1.54, 1.807) is 14.0 Å². The van der Waals surface area contributed by atoms with Gasteiger partial charge in [-0.2, -0.15) is 0 Å². The minimum atomic E-state index is -3.78. The molecule has 5 aliphatic carbocycles. The Balaban J connectivity index is 1.22. The van der Waals surface area contributed by atoms with Crippen molar-refractivity contribution in [2.24, 2.45) is 17.8 Å². The van der Waals surface area contributed by atoms with Gasteiger partial charge in [0.1, 0.15) is 18.3 Å². The second-order valence-electron chi connectivity index (χ2n) is 14.1. The average Bonchev–Trinajstić information content (AvgIpc) is 3.50. The molecule has 0 spiro atoms. The first-order chi connectivity index (χ1) is 21.0. The Kier molecular flexibility index (Phi) is 8.70. The number of sulfonamides is 1. The number of rotatable bonds is 11. The number of carbonyl (C=O) groups excluding carboxylic acids is 2. The number of amides is 2. The highest BCUT2D eigenvalue weighted by molar-refractivity contribution is 7.92. The van der Waals surface area contributed by atoms with Gasteiger partial charge in [0, 0.05) is 12.6 Å². The molecule has 2 aromatic rings. The van der Waals surface area contributed by atoms with E-state index in [1.165, 1.54) is 53.3 Å². The third-order valence-corrected chi connectivity index (χ3v) is 12.0. The monoisotopic (exact) mass is 621 g/mol. The largest absolute Gasteiger partial charge is 0.497 e. The van der Waals surface area contributed by atoms with Crippen molar-refractivity contribution in [1.82, 2.24) is 10.2 Å². The van der Waals surface area contributed by atoms with Gasteiger partial charge in [0.25, 0.3) is 0 Å². The molecule has 9 heteroatoms. The molecule has 2 amide bonds. The van der Waals surface area contributed by atoms with E-state index in [2.05, 4.69) is 17.4 Å². The maximum absolute atomic E-state index is 14.0. The molecule has 0 aliphatic heterocycles. The predicted molar refractivity (Wildman–Crippen MR) is 172 cm³/mol. The minimum Gasteiger partial charge on any atom is -0.497 e. The highest BCUT2D eigenvalue weighted by Crippen LogP contribution is 2.60. The minimum absolute atomic E-state index is 0.114. The first kappa shape index (κ1) is 30.9. The summed E-state index contributed by atoms with van der Waals surface area (Å²) in [7, 11) is -2.19. The summed E-state index contributed by atoms with van der Waals surface area (Å²) < 4.78 is 32.7. The van der Waals surface area contributed by atoms with E-state index < -0.39 is 22.0 Å². The smallest absolute Gasteiger partial charge is 0.244 e. The number of nitrogens with zero attached hydrogens (tertiary/aromatic N) is 2. The van der Waals surface area contributed by atoms with Crippen LogP contribution in [0.25, 0.3) is 0 Å². The molecule has 1 atom stereocenters. The van der Waals surface area contributed by atoms with Crippen LogP contribution in [0, 0.1) is 17.8 Å². The molecule has 5 aliphatic rings. The highest BCUT2D eigenvalue weighted by atomic mass is 32.2. The molecule has 238 valence electrons. The average molecular weight is 622 g/mol. The van der Waals surface area contributed by atoms with Crippen molar-refractivity contribution in [3.05, 3.63) is 59.7 Å². The molecule has 0 radical (unpaired) electrons. The fraction of sp³-hybridized carbons (Fsp3) is 0.600. The molecule has 0 saturated heterocycles. The second kappa shape index (κ2) is 12.4. The summed E-state index contributed by atoms with van der Waals surface area (Å²) in [6.45, 7) is 1.51. The van der Waals surface area contributed by atoms with Gasteiger partial charge in [-0.15, -0.1) is 0 Å². The van der Waals surface area contributed by atoms with Crippen molar-refractivity contribution in [3.8, 4) is 5.75 Å². The second-order valence-corrected chi connectivity index (χ2v) is 16.0. The number of anilines is 1. The summed E-state index contributed by atoms with van der Waals surface area (Å²) in [6.07, 6.45) is 13.0. The number of carbonyl (C=O) groups is 2. The van der Waals surface area contributed by atoms with Crippen LogP contribution in [-0.2, 0) is 31.6 Å². The van der Waals surface area contributed by atoms with E-state index in [0.717, 1.165) is 55.3 Å². The van der Waals surface area contributed by atoms with Gasteiger partial charge < -0.3 is 15.0 Å². The number of methoxy groups -OCH3 is 1. The van der Waals surface area contributed by atoms with Gasteiger partial charge in [-0.25, -0.2) is 8.42 Å². The quantitative estimate of drug-likeness (QED) is 0.362. The van der Waals surface area contributed by atoms with Crippen LogP contribution < -0.4 is 14.4 Å². The van der Waals surface area contributed by atoms with Gasteiger partial charge in [0.2, 0.25) is 21.8 Å². The lowest BCUT2D eigenvalue weighted by Crippen LogP contribution is -2.52. The highest BCUT2D eigenvalue weighted by Gasteiger charge is 2.51. The number of hydrogen-bond acceptors (Lipinski definition) is 5. The Morgan fingerprint density at radius 1 is 0.932 bits per heavy atom. The molecule has 4 bridgehead atoms. The van der Waals surface area contributed by atoms with Gasteiger partial charge in [-0.05, 0) is 117 Å². The van der Waals surface area contributed by atoms with Crippen LogP contribution in [0.4, 0.5) is 5.69 Å². The zero-order chi connectivity index (χ0) is 31.1. The summed E-state index contributed by atoms with van der Waals surface area (Å²) in [6, 6.07) is 14.6. The van der Waals surface area contributed by atoms with Crippen molar-refractivity contribution in [3.63, 3.8) is 0 Å². The maximum atomic E-state index is 14.0. The number of hydrogen-bond donors (Lipinski definition) is 1. The Bertz CT molecular complexity index is 1410. The van der Waals surface area contributed by atoms with Gasteiger partial charge in [0.05, 0.1) is 19.1 Å². The third kappa shape index (κ3) is 6.49. The molecule has 5 saturated carbocycles. The van der Waals surface area contributed by atoms with Gasteiger partial charge >= 0.3 is 0 Å². The lowest BCUT2D eigenvalue weighted by atomic mass is 9.48. The van der Waals surface area contributed by atoms with Crippen molar-refractivity contribution >= 4 is 27.5 Å². The molecule has 5 fully saturated rings. The van der Waals surface area contributed by atoms with Crippen LogP contribution in [0.3, 0.4) is 0 Å². The van der Waals surface area contributed by atoms with Crippen molar-refractivity contribution in [2.75, 3.05) is 24.2 Å². The Labute approximate surface area is 262 Å². The van der Waals surface area contributed by atoms with Gasteiger partial charge in [-0.3, -0.25) is 13.9 Å². The molecule has 1 N–H and O–H groups in total. The van der Waals surface area contributed by atoms with Crippen LogP contribution in [0.2, 0.25) is 0 Å². The summed E-state index contributed by atoms with van der Waals surface area (Å²) in [5, 5.41) is 3.11. The van der Waals surface area contributed by atoms with Crippen molar-refractivity contribution in [1.29, 1.82) is 0 Å². The van der Waals surface area contributed by atoms with Gasteiger partial charge in [-0.1, -0.05) is 37.1 Å². The van der Waals surface area contributed by atoms with Gasteiger partial charge in [0.15, 0.2) is 0 Å². The molecule has 44 heavy (non-hydrogen) atoms. The first-order valence-corrected chi connectivity index (χ1v) is 18.2. The van der Waals surface area contributed by atoms with E-state index in [1.807, 2.05) is 36.4 Å². The van der Waals surface area contributed by atoms with Crippen molar-refractivity contribution in [2.45, 2.75) is 95.2 Å². The van der Waals surface area contributed by atoms with E-state index in [4.69, 9.17) is 4.74 Å². The fourth-order valence-corrected chi connectivity index (χ4v) is 9.81. The van der Waals surface area contributed by atoms with E-state index in [0.29, 0.717) is 11.4 Å². The molecule has 0 aromatic heterocycles. The van der Waals surface area contributed by atoms with Crippen LogP contribution in [0.5, 0.6) is 5.75 Å². The van der Waals surface area contributed by atoms with Crippen LogP contribution in [0.1, 0.15) is 82.3 Å². The molecular weight excluding hydrogens is 574 g/mol. The number of ether oxygens (including phenoxy) is 1. The standard InChI is InChI=1S/C35H47N3O5S/c1-24(34(40)36-30-6-4-5-7-30)37(22-25-8-14-32(43-2)15-9-25)33(39)23-38(44(3,41)42)31-12-10-29(11-13-31)35-19-26-16-27(20-35)18-28(17-26)21-35/h8-15,24,26-28,30H,4-7,16-23H2,1-3H3,(H,36,40)/t24-,26?,27?,28?,35?/m0/s1. The first-order valence-electron chi connectivity index (χ1n) is 16.3. The summed E-state index contributed by atoms with van der Waals surface area (Å²) >= 11 is 0. The normalized spacial score (nSPS) is 26.8. The summed E-state index contributed by atoms with van der Waals surface area (Å²) in [5.74, 6) is 2.50. The lowest BCUT2D eigenvalue weighted by molar-refractivity contribution is -0.139. The van der Waals surface area contributed by atoms with Crippen LogP contribution >= 0.6 is 0 Å². The molecule has 0 heterocycles. The van der Waals surface area contributed by atoms with Crippen LogP contribution in [-0.4, -0.2) is 57.1 Å². The molecule has 7 rings (SSSR count). The topological polar surface area (TPSA) is 96.0 Å². The van der Waals surface area contributed by atoms with E-state index in [-0.39, 0.29) is 30.5 Å². The zero-order valence-corrected chi connectivity index (χ0v) is 27.2. The zero-order valence-electron chi connectivity index (χ0n) is 26.3. The Hall–Kier alpha value is -3.07. The van der Waals surface area contributed by atoms with E-state index in [9.17, 15) is 18.0 Å². The fourth-order valence-electron chi connectivity index (χ4n) is 8.96. The van der Waals surface area contributed by atoms with Crippen molar-refractivity contribution < 1.29 is 22.7 Å². The van der Waals surface area contributed by atoms with Crippen LogP contribution in [0.15, 0.2) is 48.5 Å². The SMILES string of the molecule is COc1ccc(CN(C(=O)CN(c2ccc(C34CC5CC(CC(C5)C3)C4)cc2)S(C)(=O)=O)[C@@H](C)C(=O)NC2CCCC2)cc1. The number of nitrogens with one attached hydrogen (secondary N) is 1. The Morgan fingerprint density at radius 2 is 1.50 bits per heavy atom. The molecule has 0 unspecified atom stereocenters. The maximum Gasteiger partial charge on any atom is 0.244 e. The predicted octanol–water partition coefficient (Wildman–Crippen LogP) is 5.41. The summed E-state index contributed by atoms with van der Waals surface area (Å²) in [5.41, 5.74) is 2.81. The Morgan fingerprint density at radius 3 is 2.02 bits per heavy atom. The van der Waals surface area contributed by atoms with E-state index >= 15 is 0 Å². The summed E-state index contributed by atoms with van der Waals surface area (Å²) in [4.78, 5) is 28.8. The third-order valence-electron chi connectivity index (χ3n) is 10.9.